The third-order valence-electron chi connectivity index (χ3n) is 0.250. The van der Waals surface area contributed by atoms with Crippen LogP contribution in [0.15, 0.2) is 0 Å². The van der Waals surface area contributed by atoms with Crippen LogP contribution in [-0.2, 0) is 19.2 Å². The number of hydrogen-bond donors (Lipinski definition) is 0. The Morgan fingerprint density at radius 3 is 1.50 bits per heavy atom. The van der Waals surface area contributed by atoms with Gasteiger partial charge in [0.05, 0.1) is 0 Å². The Balaban J connectivity index is 0.0000000900. The fourth-order valence-corrected chi connectivity index (χ4v) is 0. The van der Waals surface area contributed by atoms with Gasteiger partial charge in [-0.1, -0.05) is 0 Å². The van der Waals surface area contributed by atoms with Gasteiger partial charge in [-0.3, -0.25) is 0 Å². The van der Waals surface area contributed by atoms with Crippen LogP contribution in [0.3, 0.4) is 0 Å². The van der Waals surface area contributed by atoms with E-state index in [1.165, 1.54) is 0 Å². The van der Waals surface area contributed by atoms with E-state index in [-0.39, 0.29) is 12.4 Å². The van der Waals surface area contributed by atoms with Gasteiger partial charge in [0.1, 0.15) is 0 Å². The average Bonchev–Trinajstić information content (AvgIpc) is 1.46. The van der Waals surface area contributed by atoms with E-state index in [2.05, 4.69) is 0 Å². The second-order valence-corrected chi connectivity index (χ2v) is 3.09. The smallest absolute Gasteiger partial charge is 0 e. The van der Waals surface area contributed by atoms with Gasteiger partial charge in [0, 0.05) is 12.4 Å². The molecule has 1 fully saturated rings. The Morgan fingerprint density at radius 2 is 1.50 bits per heavy atom. The number of rotatable bonds is 0. The van der Waals surface area contributed by atoms with Crippen LogP contribution >= 0.6 is 12.4 Å². The van der Waals surface area contributed by atoms with Crippen molar-refractivity contribution in [2.75, 3.05) is 0 Å². The maximum absolute atomic E-state index is 1.62. The van der Waals surface area contributed by atoms with Crippen LogP contribution < -0.4 is 0 Å². The molecular formula is C2H4ClTi. The van der Waals surface area contributed by atoms with Gasteiger partial charge in [-0.25, -0.2) is 0 Å². The molecule has 1 aliphatic heterocycles. The molecule has 1 heterocycles. The Kier molecular flexibility index (Phi) is 2.82. The van der Waals surface area contributed by atoms with Crippen LogP contribution in [0, 0.1) is 0 Å². The maximum atomic E-state index is 1.62. The molecular weight excluding hydrogens is 107 g/mol. The quantitative estimate of drug-likeness (QED) is 0.417. The summed E-state index contributed by atoms with van der Waals surface area (Å²) < 4.78 is 3.25. The summed E-state index contributed by atoms with van der Waals surface area (Å²) >= 11 is 0.750. The third kappa shape index (κ3) is 3.00. The number of halogens is 1. The van der Waals surface area contributed by atoms with Crippen molar-refractivity contribution in [1.29, 1.82) is 0 Å². The van der Waals surface area contributed by atoms with Crippen molar-refractivity contribution in [3.63, 3.8) is 0 Å². The summed E-state index contributed by atoms with van der Waals surface area (Å²) in [6, 6.07) is 0. The van der Waals surface area contributed by atoms with Crippen molar-refractivity contribution in [1.82, 2.24) is 0 Å². The first kappa shape index (κ1) is 5.00. The Morgan fingerprint density at radius 1 is 1.25 bits per heavy atom. The van der Waals surface area contributed by atoms with Crippen LogP contribution in [0.5, 0.6) is 0 Å². The van der Waals surface area contributed by atoms with Crippen LogP contribution in [0.25, 0.3) is 0 Å². The van der Waals surface area contributed by atoms with Crippen molar-refractivity contribution in [2.45, 2.75) is 9.45 Å². The number of hydrogen-bond acceptors (Lipinski definition) is 0. The van der Waals surface area contributed by atoms with Gasteiger partial charge in [-0.05, 0) is 0 Å². The van der Waals surface area contributed by atoms with Gasteiger partial charge < -0.3 is 0 Å². The molecule has 2 heteroatoms. The summed E-state index contributed by atoms with van der Waals surface area (Å²) in [6.07, 6.45) is 0. The summed E-state index contributed by atoms with van der Waals surface area (Å²) in [5.41, 5.74) is 0. The Bertz CT molecular complexity index is 10.8. The Labute approximate surface area is 41.3 Å². The summed E-state index contributed by atoms with van der Waals surface area (Å²) in [5, 5.41) is 0. The molecule has 1 rings (SSSR count). The first-order valence-electron chi connectivity index (χ1n) is 1.21. The van der Waals surface area contributed by atoms with Crippen LogP contribution in [0.1, 0.15) is 0 Å². The molecule has 4 heavy (non-hydrogen) atoms. The molecule has 0 unspecified atom stereocenters. The van der Waals surface area contributed by atoms with Crippen LogP contribution in [0.4, 0.5) is 0 Å². The summed E-state index contributed by atoms with van der Waals surface area (Å²) in [4.78, 5) is 0. The molecule has 0 aromatic heterocycles. The molecule has 0 aromatic carbocycles. The van der Waals surface area contributed by atoms with E-state index in [1.807, 2.05) is 0 Å². The van der Waals surface area contributed by atoms with Crippen LogP contribution in [0.2, 0.25) is 9.45 Å². The monoisotopic (exact) mass is 111 g/mol. The topological polar surface area (TPSA) is 0 Å². The zero-order valence-electron chi connectivity index (χ0n) is 2.29. The molecule has 0 N–H and O–H groups in total. The van der Waals surface area contributed by atoms with E-state index >= 15 is 0 Å². The van der Waals surface area contributed by atoms with E-state index in [4.69, 9.17) is 0 Å². The zero-order chi connectivity index (χ0) is 2.12. The molecule has 1 aliphatic rings. The van der Waals surface area contributed by atoms with E-state index in [0.717, 1.165) is 19.2 Å². The van der Waals surface area contributed by atoms with Crippen molar-refractivity contribution in [3.8, 4) is 0 Å². The van der Waals surface area contributed by atoms with Gasteiger partial charge in [-0.2, -0.15) is 0 Å². The largest absolute Gasteiger partial charge is 0 e. The summed E-state index contributed by atoms with van der Waals surface area (Å²) in [7, 11) is 0. The maximum Gasteiger partial charge on any atom is 0 e. The van der Waals surface area contributed by atoms with Gasteiger partial charge >= 0.3 is 28.6 Å². The standard InChI is InChI=1S/C2H4.Cl.Ti/c1-2;;/h1-2H2;;. The molecule has 0 saturated carbocycles. The molecule has 0 nitrogen and oxygen atoms in total. The molecule has 0 amide bonds. The van der Waals surface area contributed by atoms with Gasteiger partial charge in [0.15, 0.2) is 0 Å². The van der Waals surface area contributed by atoms with Crippen molar-refractivity contribution >= 4 is 12.4 Å². The SMILES string of the molecule is [CH2]1[CH2][Ti]1.[Cl]. The van der Waals surface area contributed by atoms with Crippen molar-refractivity contribution in [3.05, 3.63) is 0 Å². The van der Waals surface area contributed by atoms with E-state index in [9.17, 15) is 0 Å². The van der Waals surface area contributed by atoms with E-state index in [0.29, 0.717) is 0 Å². The molecule has 0 atom stereocenters. The molecule has 0 aromatic rings. The molecule has 0 aliphatic carbocycles. The minimum Gasteiger partial charge on any atom is 0 e. The predicted octanol–water partition coefficient (Wildman–Crippen LogP) is 1.61. The fourth-order valence-electron chi connectivity index (χ4n) is 0. The molecule has 0 spiro atoms. The van der Waals surface area contributed by atoms with Crippen molar-refractivity contribution < 1.29 is 19.2 Å². The third-order valence-corrected chi connectivity index (χ3v) is 1.03. The first-order chi connectivity index (χ1) is 1.50. The first-order valence-corrected chi connectivity index (χ1v) is 3.42. The predicted molar refractivity (Wildman–Crippen MR) is 15.5 cm³/mol. The van der Waals surface area contributed by atoms with Gasteiger partial charge in [0.2, 0.25) is 0 Å². The zero-order valence-corrected chi connectivity index (χ0v) is 4.61. The minimum absolute atomic E-state index is 0. The second-order valence-electron chi connectivity index (χ2n) is 0.750. The molecule has 23 valence electrons. The average molecular weight is 111 g/mol. The Hall–Kier alpha value is 1.00. The van der Waals surface area contributed by atoms with E-state index < -0.39 is 0 Å². The van der Waals surface area contributed by atoms with Gasteiger partial charge in [-0.15, -0.1) is 0 Å². The van der Waals surface area contributed by atoms with Crippen molar-refractivity contribution in [2.24, 2.45) is 0 Å². The van der Waals surface area contributed by atoms with Crippen LogP contribution in [-0.4, -0.2) is 0 Å². The molecule has 0 bridgehead atoms. The minimum atomic E-state index is 0. The molecule has 1 saturated heterocycles. The normalized spacial score (nSPS) is 16.0. The second kappa shape index (κ2) is 2.25. The van der Waals surface area contributed by atoms with Gasteiger partial charge in [0.25, 0.3) is 0 Å². The molecule has 1 radical (unpaired) electrons. The van der Waals surface area contributed by atoms with E-state index in [1.54, 1.807) is 9.45 Å². The summed E-state index contributed by atoms with van der Waals surface area (Å²) in [6.45, 7) is 0. The fraction of sp³-hybridized carbons (Fsp3) is 1.00. The summed E-state index contributed by atoms with van der Waals surface area (Å²) in [5.74, 6) is 0.